The fourth-order valence-corrected chi connectivity index (χ4v) is 4.94. The quantitative estimate of drug-likeness (QED) is 0.397. The van der Waals surface area contributed by atoms with Crippen molar-refractivity contribution < 1.29 is 14.3 Å². The number of nitrogens with zero attached hydrogens (tertiary/aromatic N) is 2. The SMILES string of the molecule is CCCc1ccc2c(N)c(C(=O)Nc3nc(-c4ccc(OC)c(OC)c4)cs3)sc2n1. The van der Waals surface area contributed by atoms with Crippen LogP contribution in [0.2, 0.25) is 0 Å². The standard InChI is InChI=1S/C22H22N4O3S2/c1-4-5-13-7-8-14-18(23)19(31-21(14)24-13)20(27)26-22-25-15(11-30-22)12-6-9-16(28-2)17(10-12)29-3/h6-11H,4-5,23H2,1-3H3,(H,25,26,27). The van der Waals surface area contributed by atoms with Crippen molar-refractivity contribution in [3.05, 3.63) is 46.3 Å². The van der Waals surface area contributed by atoms with E-state index in [-0.39, 0.29) is 5.91 Å². The Morgan fingerprint density at radius 1 is 1.13 bits per heavy atom. The van der Waals surface area contributed by atoms with E-state index < -0.39 is 0 Å². The molecule has 4 aromatic rings. The number of pyridine rings is 1. The van der Waals surface area contributed by atoms with Gasteiger partial charge in [-0.05, 0) is 36.8 Å². The number of fused-ring (bicyclic) bond motifs is 1. The molecule has 9 heteroatoms. The summed E-state index contributed by atoms with van der Waals surface area (Å²) in [5, 5.41) is 6.03. The molecule has 0 saturated heterocycles. The van der Waals surface area contributed by atoms with Crippen LogP contribution in [0.15, 0.2) is 35.7 Å². The van der Waals surface area contributed by atoms with Gasteiger partial charge >= 0.3 is 0 Å². The molecule has 3 heterocycles. The fraction of sp³-hybridized carbons (Fsp3) is 0.227. The number of carbonyl (C=O) groups is 1. The highest BCUT2D eigenvalue weighted by Gasteiger charge is 2.19. The van der Waals surface area contributed by atoms with Gasteiger partial charge in [-0.3, -0.25) is 10.1 Å². The molecule has 3 N–H and O–H groups in total. The van der Waals surface area contributed by atoms with E-state index in [9.17, 15) is 4.79 Å². The summed E-state index contributed by atoms with van der Waals surface area (Å²) < 4.78 is 10.6. The van der Waals surface area contributed by atoms with Crippen LogP contribution >= 0.6 is 22.7 Å². The van der Waals surface area contributed by atoms with Gasteiger partial charge in [0.05, 0.1) is 25.6 Å². The van der Waals surface area contributed by atoms with E-state index in [1.165, 1.54) is 22.7 Å². The number of nitrogens with two attached hydrogens (primary N) is 1. The van der Waals surface area contributed by atoms with Gasteiger partial charge in [0.2, 0.25) is 0 Å². The molecule has 0 aliphatic heterocycles. The Kier molecular flexibility index (Phi) is 6.06. The molecule has 0 spiro atoms. The number of rotatable bonds is 7. The number of carbonyl (C=O) groups excluding carboxylic acids is 1. The number of amides is 1. The number of hydrogen-bond donors (Lipinski definition) is 2. The van der Waals surface area contributed by atoms with Crippen LogP contribution in [0, 0.1) is 0 Å². The maximum absolute atomic E-state index is 12.9. The summed E-state index contributed by atoms with van der Waals surface area (Å²) in [6, 6.07) is 9.47. The van der Waals surface area contributed by atoms with E-state index in [1.54, 1.807) is 14.2 Å². The van der Waals surface area contributed by atoms with Gasteiger partial charge in [0.25, 0.3) is 5.91 Å². The summed E-state index contributed by atoms with van der Waals surface area (Å²) >= 11 is 2.65. The first-order valence-electron chi connectivity index (χ1n) is 9.71. The van der Waals surface area contributed by atoms with Crippen molar-refractivity contribution in [1.82, 2.24) is 9.97 Å². The molecular weight excluding hydrogens is 432 g/mol. The molecule has 4 rings (SSSR count). The van der Waals surface area contributed by atoms with Crippen molar-refractivity contribution in [2.75, 3.05) is 25.3 Å². The van der Waals surface area contributed by atoms with Crippen molar-refractivity contribution in [3.63, 3.8) is 0 Å². The van der Waals surface area contributed by atoms with Gasteiger partial charge in [-0.25, -0.2) is 9.97 Å². The topological polar surface area (TPSA) is 99.4 Å². The summed E-state index contributed by atoms with van der Waals surface area (Å²) in [5.41, 5.74) is 9.29. The van der Waals surface area contributed by atoms with Crippen LogP contribution in [0.4, 0.5) is 10.8 Å². The largest absolute Gasteiger partial charge is 0.493 e. The van der Waals surface area contributed by atoms with E-state index in [2.05, 4.69) is 22.2 Å². The zero-order valence-corrected chi connectivity index (χ0v) is 19.0. The number of thiazole rings is 1. The van der Waals surface area contributed by atoms with E-state index in [1.807, 2.05) is 35.7 Å². The van der Waals surface area contributed by atoms with Gasteiger partial charge in [0.15, 0.2) is 16.6 Å². The van der Waals surface area contributed by atoms with Crippen molar-refractivity contribution in [2.24, 2.45) is 0 Å². The number of ether oxygens (including phenoxy) is 2. The highest BCUT2D eigenvalue weighted by atomic mass is 32.1. The molecule has 0 bridgehead atoms. The van der Waals surface area contributed by atoms with Crippen molar-refractivity contribution in [2.45, 2.75) is 19.8 Å². The molecule has 31 heavy (non-hydrogen) atoms. The van der Waals surface area contributed by atoms with Crippen LogP contribution in [-0.2, 0) is 6.42 Å². The predicted octanol–water partition coefficient (Wildman–Crippen LogP) is 5.22. The average molecular weight is 455 g/mol. The van der Waals surface area contributed by atoms with Gasteiger partial charge in [-0.15, -0.1) is 22.7 Å². The van der Waals surface area contributed by atoms with Gasteiger partial charge < -0.3 is 15.2 Å². The first kappa shape index (κ1) is 21.1. The maximum atomic E-state index is 12.9. The fourth-order valence-electron chi connectivity index (χ4n) is 3.21. The molecule has 1 aromatic carbocycles. The zero-order valence-electron chi connectivity index (χ0n) is 17.4. The van der Waals surface area contributed by atoms with Gasteiger partial charge in [-0.1, -0.05) is 13.3 Å². The summed E-state index contributed by atoms with van der Waals surface area (Å²) in [5.74, 6) is 0.975. The predicted molar refractivity (Wildman–Crippen MR) is 127 cm³/mol. The minimum atomic E-state index is -0.286. The Balaban J connectivity index is 1.56. The Morgan fingerprint density at radius 2 is 1.94 bits per heavy atom. The molecule has 1 amide bonds. The summed E-state index contributed by atoms with van der Waals surface area (Å²) in [4.78, 5) is 23.3. The molecule has 0 atom stereocenters. The Morgan fingerprint density at radius 3 is 2.68 bits per heavy atom. The average Bonchev–Trinajstić information content (AvgIpc) is 3.38. The van der Waals surface area contributed by atoms with Crippen LogP contribution in [0.25, 0.3) is 21.5 Å². The van der Waals surface area contributed by atoms with Crippen molar-refractivity contribution in [1.29, 1.82) is 0 Å². The third-order valence-corrected chi connectivity index (χ3v) is 6.64. The van der Waals surface area contributed by atoms with Crippen LogP contribution in [-0.4, -0.2) is 30.1 Å². The minimum Gasteiger partial charge on any atom is -0.493 e. The number of aryl methyl sites for hydroxylation is 1. The number of aromatic nitrogens is 2. The Bertz CT molecular complexity index is 1250. The summed E-state index contributed by atoms with van der Waals surface area (Å²) in [6.45, 7) is 2.11. The first-order chi connectivity index (χ1) is 15.0. The van der Waals surface area contributed by atoms with Crippen LogP contribution < -0.4 is 20.5 Å². The number of thiophene rings is 1. The minimum absolute atomic E-state index is 0.286. The van der Waals surface area contributed by atoms with E-state index in [0.717, 1.165) is 40.0 Å². The first-order valence-corrected chi connectivity index (χ1v) is 11.4. The molecule has 160 valence electrons. The van der Waals surface area contributed by atoms with Crippen molar-refractivity contribution >= 4 is 49.6 Å². The molecule has 0 unspecified atom stereocenters. The summed E-state index contributed by atoms with van der Waals surface area (Å²) in [7, 11) is 3.18. The lowest BCUT2D eigenvalue weighted by atomic mass is 10.1. The van der Waals surface area contributed by atoms with Gasteiger partial charge in [0, 0.05) is 22.0 Å². The van der Waals surface area contributed by atoms with Crippen LogP contribution in [0.1, 0.15) is 28.7 Å². The lowest BCUT2D eigenvalue weighted by Crippen LogP contribution is -2.11. The number of anilines is 2. The third kappa shape index (κ3) is 4.19. The second-order valence-corrected chi connectivity index (χ2v) is 8.67. The highest BCUT2D eigenvalue weighted by molar-refractivity contribution is 7.21. The lowest BCUT2D eigenvalue weighted by Gasteiger charge is -2.08. The molecule has 3 aromatic heterocycles. The van der Waals surface area contributed by atoms with Crippen molar-refractivity contribution in [3.8, 4) is 22.8 Å². The number of nitrogen functional groups attached to an aromatic ring is 1. The van der Waals surface area contributed by atoms with Crippen LogP contribution in [0.3, 0.4) is 0 Å². The van der Waals surface area contributed by atoms with Gasteiger partial charge in [0.1, 0.15) is 9.71 Å². The normalized spacial score (nSPS) is 10.9. The lowest BCUT2D eigenvalue weighted by molar-refractivity contribution is 0.103. The number of benzene rings is 1. The molecule has 0 radical (unpaired) electrons. The summed E-state index contributed by atoms with van der Waals surface area (Å²) in [6.07, 6.45) is 1.91. The van der Waals surface area contributed by atoms with E-state index in [4.69, 9.17) is 15.2 Å². The van der Waals surface area contributed by atoms with Gasteiger partial charge in [-0.2, -0.15) is 0 Å². The number of hydrogen-bond acceptors (Lipinski definition) is 8. The molecule has 7 nitrogen and oxygen atoms in total. The number of methoxy groups -OCH3 is 2. The Labute approximate surface area is 187 Å². The third-order valence-electron chi connectivity index (χ3n) is 4.77. The second-order valence-electron chi connectivity index (χ2n) is 6.81. The smallest absolute Gasteiger partial charge is 0.269 e. The van der Waals surface area contributed by atoms with Crippen LogP contribution in [0.5, 0.6) is 11.5 Å². The molecule has 0 fully saturated rings. The highest BCUT2D eigenvalue weighted by Crippen LogP contribution is 2.35. The molecule has 0 aliphatic rings. The van der Waals surface area contributed by atoms with E-state index >= 15 is 0 Å². The number of nitrogens with one attached hydrogen (secondary N) is 1. The van der Waals surface area contributed by atoms with E-state index in [0.29, 0.717) is 27.2 Å². The molecule has 0 aliphatic carbocycles. The maximum Gasteiger partial charge on any atom is 0.269 e. The second kappa shape index (κ2) is 8.91. The Hall–Kier alpha value is -3.17. The monoisotopic (exact) mass is 454 g/mol. The molecular formula is C22H22N4O3S2. The zero-order chi connectivity index (χ0) is 22.0. The molecule has 0 saturated carbocycles.